The topological polar surface area (TPSA) is 88.9 Å². The normalized spacial score (nSPS) is 17.7. The van der Waals surface area contributed by atoms with Crippen LogP contribution in [0.5, 0.6) is 0 Å². The van der Waals surface area contributed by atoms with Crippen molar-refractivity contribution >= 4 is 10.9 Å². The van der Waals surface area contributed by atoms with Gasteiger partial charge < -0.3 is 9.72 Å². The lowest BCUT2D eigenvalue weighted by molar-refractivity contribution is 0.0368. The molecule has 0 amide bonds. The zero-order valence-electron chi connectivity index (χ0n) is 22.3. The van der Waals surface area contributed by atoms with Crippen LogP contribution in [0.1, 0.15) is 82.4 Å². The molecular weight excluding hydrogens is 440 g/mol. The summed E-state index contributed by atoms with van der Waals surface area (Å²) in [6.07, 6.45) is 3.15. The standard InChI is InChI=1S/C27H40N6O2/c1-8-27(6,7)33-25(29-30-31-33)24(17(2)3)32(16-21-10-9-11-35-21)15-20-14-22-19(5)12-18(4)13-23(22)28-26(20)34/h12-14,17,21,24H,8-11,15-16H2,1-7H3,(H,28,34)/t21-,24+/m1/s1. The molecule has 0 radical (unpaired) electrons. The molecule has 190 valence electrons. The minimum atomic E-state index is -0.211. The maximum Gasteiger partial charge on any atom is 0.252 e. The Kier molecular flexibility index (Phi) is 7.43. The van der Waals surface area contributed by atoms with Gasteiger partial charge in [0.2, 0.25) is 0 Å². The van der Waals surface area contributed by atoms with Gasteiger partial charge in [-0.15, -0.1) is 5.10 Å². The van der Waals surface area contributed by atoms with Crippen LogP contribution in [0.3, 0.4) is 0 Å². The molecule has 0 spiro atoms. The molecule has 2 aromatic heterocycles. The summed E-state index contributed by atoms with van der Waals surface area (Å²) in [7, 11) is 0. The number of hydrogen-bond donors (Lipinski definition) is 1. The van der Waals surface area contributed by atoms with Crippen molar-refractivity contribution in [3.63, 3.8) is 0 Å². The third-order valence-corrected chi connectivity index (χ3v) is 7.45. The third kappa shape index (κ3) is 5.33. The number of fused-ring (bicyclic) bond motifs is 1. The molecule has 0 saturated carbocycles. The Balaban J connectivity index is 1.78. The van der Waals surface area contributed by atoms with Gasteiger partial charge in [-0.2, -0.15) is 0 Å². The molecule has 1 N–H and O–H groups in total. The fourth-order valence-electron chi connectivity index (χ4n) is 5.22. The lowest BCUT2D eigenvalue weighted by atomic mass is 9.96. The summed E-state index contributed by atoms with van der Waals surface area (Å²) in [4.78, 5) is 18.7. The molecule has 0 unspecified atom stereocenters. The first kappa shape index (κ1) is 25.5. The smallest absolute Gasteiger partial charge is 0.252 e. The maximum atomic E-state index is 13.2. The molecule has 3 heterocycles. The van der Waals surface area contributed by atoms with E-state index < -0.39 is 0 Å². The van der Waals surface area contributed by atoms with Gasteiger partial charge >= 0.3 is 0 Å². The van der Waals surface area contributed by atoms with E-state index in [2.05, 4.69) is 86.0 Å². The van der Waals surface area contributed by atoms with Gasteiger partial charge in [0, 0.05) is 36.2 Å². The van der Waals surface area contributed by atoms with Gasteiger partial charge in [0.1, 0.15) is 0 Å². The Morgan fingerprint density at radius 2 is 2.03 bits per heavy atom. The van der Waals surface area contributed by atoms with Crippen LogP contribution < -0.4 is 5.56 Å². The second-order valence-electron chi connectivity index (χ2n) is 11.0. The van der Waals surface area contributed by atoms with Crippen LogP contribution >= 0.6 is 0 Å². The van der Waals surface area contributed by atoms with E-state index in [1.165, 1.54) is 0 Å². The number of rotatable bonds is 9. The highest BCUT2D eigenvalue weighted by Gasteiger charge is 2.35. The van der Waals surface area contributed by atoms with Gasteiger partial charge in [0.05, 0.1) is 17.7 Å². The molecule has 35 heavy (non-hydrogen) atoms. The lowest BCUT2D eigenvalue weighted by Gasteiger charge is -2.36. The number of hydrogen-bond acceptors (Lipinski definition) is 6. The number of aromatic amines is 1. The number of pyridine rings is 1. The molecule has 1 fully saturated rings. The van der Waals surface area contributed by atoms with Crippen molar-refractivity contribution in [1.29, 1.82) is 0 Å². The zero-order chi connectivity index (χ0) is 25.3. The molecule has 1 aliphatic rings. The van der Waals surface area contributed by atoms with E-state index in [4.69, 9.17) is 4.74 Å². The second-order valence-corrected chi connectivity index (χ2v) is 11.0. The predicted molar refractivity (Wildman–Crippen MR) is 138 cm³/mol. The molecule has 8 nitrogen and oxygen atoms in total. The van der Waals surface area contributed by atoms with Crippen LogP contribution in [0, 0.1) is 19.8 Å². The molecule has 1 saturated heterocycles. The van der Waals surface area contributed by atoms with E-state index in [-0.39, 0.29) is 29.2 Å². The van der Waals surface area contributed by atoms with E-state index in [0.29, 0.717) is 6.54 Å². The molecule has 3 aromatic rings. The summed E-state index contributed by atoms with van der Waals surface area (Å²) < 4.78 is 8.00. The van der Waals surface area contributed by atoms with Gasteiger partial charge in [-0.1, -0.05) is 26.8 Å². The Morgan fingerprint density at radius 1 is 1.26 bits per heavy atom. The second kappa shape index (κ2) is 10.2. The first-order valence-electron chi connectivity index (χ1n) is 12.9. The largest absolute Gasteiger partial charge is 0.377 e. The van der Waals surface area contributed by atoms with Gasteiger partial charge in [-0.25, -0.2) is 4.68 Å². The zero-order valence-corrected chi connectivity index (χ0v) is 22.3. The van der Waals surface area contributed by atoms with Gasteiger partial charge in [0.15, 0.2) is 5.82 Å². The van der Waals surface area contributed by atoms with Crippen molar-refractivity contribution < 1.29 is 4.74 Å². The highest BCUT2D eigenvalue weighted by atomic mass is 16.5. The monoisotopic (exact) mass is 480 g/mol. The van der Waals surface area contributed by atoms with Crippen LogP contribution in [0.15, 0.2) is 23.0 Å². The maximum absolute atomic E-state index is 13.2. The van der Waals surface area contributed by atoms with Crippen molar-refractivity contribution in [2.45, 2.75) is 92.0 Å². The number of nitrogens with zero attached hydrogens (tertiary/aromatic N) is 5. The highest BCUT2D eigenvalue weighted by Crippen LogP contribution is 2.33. The minimum Gasteiger partial charge on any atom is -0.377 e. The van der Waals surface area contributed by atoms with Crippen molar-refractivity contribution in [1.82, 2.24) is 30.1 Å². The van der Waals surface area contributed by atoms with Crippen LogP contribution in [0.25, 0.3) is 10.9 Å². The molecule has 8 heteroatoms. The molecular formula is C27H40N6O2. The highest BCUT2D eigenvalue weighted by molar-refractivity contribution is 5.83. The summed E-state index contributed by atoms with van der Waals surface area (Å²) in [5.74, 6) is 1.08. The summed E-state index contributed by atoms with van der Waals surface area (Å²) in [5.41, 5.74) is 3.69. The first-order chi connectivity index (χ1) is 16.6. The van der Waals surface area contributed by atoms with Crippen LogP contribution in [-0.4, -0.2) is 49.3 Å². The third-order valence-electron chi connectivity index (χ3n) is 7.45. The van der Waals surface area contributed by atoms with E-state index in [1.807, 2.05) is 10.7 Å². The van der Waals surface area contributed by atoms with E-state index in [1.54, 1.807) is 0 Å². The average Bonchev–Trinajstić information content (AvgIpc) is 3.47. The number of ether oxygens (including phenoxy) is 1. The molecule has 2 atom stereocenters. The summed E-state index contributed by atoms with van der Waals surface area (Å²) in [6.45, 7) is 17.0. The Hall–Kier alpha value is -2.58. The van der Waals surface area contributed by atoms with Crippen LogP contribution in [0.4, 0.5) is 0 Å². The fourth-order valence-corrected chi connectivity index (χ4v) is 5.22. The van der Waals surface area contributed by atoms with Crippen molar-refractivity contribution in [2.75, 3.05) is 13.2 Å². The summed E-state index contributed by atoms with van der Waals surface area (Å²) >= 11 is 0. The molecule has 0 aliphatic carbocycles. The number of benzene rings is 1. The van der Waals surface area contributed by atoms with Crippen molar-refractivity contribution in [3.05, 3.63) is 51.1 Å². The SMILES string of the molecule is CCC(C)(C)n1nnnc1[C@H](C(C)C)N(Cc1cc2c(C)cc(C)cc2[nH]c1=O)C[C@H]1CCCO1. The summed E-state index contributed by atoms with van der Waals surface area (Å²) in [5, 5.41) is 14.1. The summed E-state index contributed by atoms with van der Waals surface area (Å²) in [6, 6.07) is 6.19. The Morgan fingerprint density at radius 3 is 2.69 bits per heavy atom. The van der Waals surface area contributed by atoms with Crippen molar-refractivity contribution in [3.8, 4) is 0 Å². The van der Waals surface area contributed by atoms with Gasteiger partial charge in [-0.3, -0.25) is 9.69 Å². The van der Waals surface area contributed by atoms with Gasteiger partial charge in [0.25, 0.3) is 5.56 Å². The van der Waals surface area contributed by atoms with E-state index in [9.17, 15) is 4.79 Å². The Labute approximate surface area is 208 Å². The van der Waals surface area contributed by atoms with E-state index >= 15 is 0 Å². The van der Waals surface area contributed by atoms with E-state index in [0.717, 1.165) is 65.8 Å². The number of H-pyrrole nitrogens is 1. The molecule has 1 aliphatic heterocycles. The number of aromatic nitrogens is 5. The molecule has 0 bridgehead atoms. The van der Waals surface area contributed by atoms with Crippen molar-refractivity contribution in [2.24, 2.45) is 5.92 Å². The Bertz CT molecular complexity index is 1220. The quantitative estimate of drug-likeness (QED) is 0.479. The van der Waals surface area contributed by atoms with Crippen LogP contribution in [0.2, 0.25) is 0 Å². The number of nitrogens with one attached hydrogen (secondary N) is 1. The lowest BCUT2D eigenvalue weighted by Crippen LogP contribution is -2.41. The minimum absolute atomic E-state index is 0.0455. The molecule has 4 rings (SSSR count). The average molecular weight is 481 g/mol. The van der Waals surface area contributed by atoms with Crippen LogP contribution in [-0.2, 0) is 16.8 Å². The molecule has 1 aromatic carbocycles. The number of tetrazole rings is 1. The number of aryl methyl sites for hydroxylation is 2. The van der Waals surface area contributed by atoms with Gasteiger partial charge in [-0.05, 0) is 86.6 Å². The predicted octanol–water partition coefficient (Wildman–Crippen LogP) is 4.65. The first-order valence-corrected chi connectivity index (χ1v) is 12.9. The fraction of sp³-hybridized carbons (Fsp3) is 0.630.